The minimum Gasteiger partial charge on any atom is -0.380 e. The highest BCUT2D eigenvalue weighted by Crippen LogP contribution is 2.26. The van der Waals surface area contributed by atoms with Crippen LogP contribution in [0.2, 0.25) is 0 Å². The second-order valence-corrected chi connectivity index (χ2v) is 7.90. The van der Waals surface area contributed by atoms with Crippen LogP contribution >= 0.6 is 26.6 Å². The lowest BCUT2D eigenvalue weighted by molar-refractivity contribution is 0.0723. The molecule has 0 aromatic heterocycles. The first kappa shape index (κ1) is 15.8. The fourth-order valence-electron chi connectivity index (χ4n) is 2.10. The highest BCUT2D eigenvalue weighted by atomic mass is 79.9. The Morgan fingerprint density at radius 2 is 2.20 bits per heavy atom. The SMILES string of the molecule is COC1CCN(C(=O)c2cc(S(=O)(=O)Cl)ccc2Br)C1. The molecule has 0 radical (unpaired) electrons. The van der Waals surface area contributed by atoms with E-state index in [2.05, 4.69) is 15.9 Å². The number of carbonyl (C=O) groups excluding carboxylic acids is 1. The van der Waals surface area contributed by atoms with Gasteiger partial charge in [-0.3, -0.25) is 4.79 Å². The van der Waals surface area contributed by atoms with E-state index in [4.69, 9.17) is 15.4 Å². The van der Waals surface area contributed by atoms with Crippen LogP contribution < -0.4 is 0 Å². The number of nitrogens with zero attached hydrogens (tertiary/aromatic N) is 1. The van der Waals surface area contributed by atoms with Gasteiger partial charge in [0, 0.05) is 35.4 Å². The van der Waals surface area contributed by atoms with Gasteiger partial charge in [-0.05, 0) is 40.5 Å². The van der Waals surface area contributed by atoms with Gasteiger partial charge in [-0.25, -0.2) is 8.42 Å². The van der Waals surface area contributed by atoms with E-state index in [0.29, 0.717) is 17.6 Å². The number of methoxy groups -OCH3 is 1. The maximum absolute atomic E-state index is 12.4. The Hall–Kier alpha value is -0.630. The van der Waals surface area contributed by atoms with Crippen molar-refractivity contribution in [1.82, 2.24) is 4.90 Å². The molecule has 1 atom stereocenters. The van der Waals surface area contributed by atoms with E-state index < -0.39 is 9.05 Å². The first-order chi connectivity index (χ1) is 9.32. The molecule has 0 bridgehead atoms. The van der Waals surface area contributed by atoms with E-state index in [1.165, 1.54) is 18.2 Å². The van der Waals surface area contributed by atoms with Crippen LogP contribution in [0, 0.1) is 0 Å². The fourth-order valence-corrected chi connectivity index (χ4v) is 3.29. The van der Waals surface area contributed by atoms with Crippen LogP contribution in [0.25, 0.3) is 0 Å². The summed E-state index contributed by atoms with van der Waals surface area (Å²) in [5.74, 6) is -0.237. The normalized spacial score (nSPS) is 19.4. The summed E-state index contributed by atoms with van der Waals surface area (Å²) in [4.78, 5) is 14.0. The van der Waals surface area contributed by atoms with Crippen LogP contribution in [-0.4, -0.2) is 45.5 Å². The Balaban J connectivity index is 2.30. The van der Waals surface area contributed by atoms with Crippen molar-refractivity contribution >= 4 is 41.6 Å². The van der Waals surface area contributed by atoms with Crippen molar-refractivity contribution in [2.24, 2.45) is 0 Å². The average molecular weight is 383 g/mol. The Kier molecular flexibility index (Phi) is 4.73. The zero-order chi connectivity index (χ0) is 14.9. The maximum Gasteiger partial charge on any atom is 0.261 e. The van der Waals surface area contributed by atoms with Crippen LogP contribution in [0.15, 0.2) is 27.6 Å². The lowest BCUT2D eigenvalue weighted by Crippen LogP contribution is -2.30. The monoisotopic (exact) mass is 381 g/mol. The molecule has 1 unspecified atom stereocenters. The highest BCUT2D eigenvalue weighted by Gasteiger charge is 2.28. The Morgan fingerprint density at radius 1 is 1.50 bits per heavy atom. The third-order valence-electron chi connectivity index (χ3n) is 3.22. The molecule has 1 aromatic carbocycles. The summed E-state index contributed by atoms with van der Waals surface area (Å²) in [5, 5.41) is 0. The second-order valence-electron chi connectivity index (χ2n) is 4.48. The smallest absolute Gasteiger partial charge is 0.261 e. The number of carbonyl (C=O) groups is 1. The lowest BCUT2D eigenvalue weighted by Gasteiger charge is -2.17. The van der Waals surface area contributed by atoms with Crippen molar-refractivity contribution in [3.8, 4) is 0 Å². The number of amides is 1. The predicted molar refractivity (Wildman–Crippen MR) is 78.5 cm³/mol. The Morgan fingerprint density at radius 3 is 2.75 bits per heavy atom. The molecule has 5 nitrogen and oxygen atoms in total. The zero-order valence-electron chi connectivity index (χ0n) is 10.7. The van der Waals surface area contributed by atoms with Gasteiger partial charge >= 0.3 is 0 Å². The number of hydrogen-bond acceptors (Lipinski definition) is 4. The van der Waals surface area contributed by atoms with Gasteiger partial charge in [0.1, 0.15) is 0 Å². The van der Waals surface area contributed by atoms with E-state index in [0.717, 1.165) is 6.42 Å². The molecular weight excluding hydrogens is 370 g/mol. The molecule has 0 aliphatic carbocycles. The summed E-state index contributed by atoms with van der Waals surface area (Å²) in [6, 6.07) is 4.15. The first-order valence-corrected chi connectivity index (χ1v) is 8.99. The Labute approximate surface area is 130 Å². The number of ether oxygens (including phenoxy) is 1. The number of hydrogen-bond donors (Lipinski definition) is 0. The third kappa shape index (κ3) is 3.33. The molecule has 1 fully saturated rings. The summed E-state index contributed by atoms with van der Waals surface area (Å²) < 4.78 is 28.4. The van der Waals surface area contributed by atoms with Gasteiger partial charge in [0.05, 0.1) is 16.6 Å². The molecule has 1 aliphatic rings. The van der Waals surface area contributed by atoms with Gasteiger partial charge in [-0.15, -0.1) is 0 Å². The lowest BCUT2D eigenvalue weighted by atomic mass is 10.2. The fraction of sp³-hybridized carbons (Fsp3) is 0.417. The van der Waals surface area contributed by atoms with Gasteiger partial charge in [0.15, 0.2) is 0 Å². The van der Waals surface area contributed by atoms with E-state index in [1.807, 2.05) is 0 Å². The molecule has 1 heterocycles. The topological polar surface area (TPSA) is 63.7 Å². The number of rotatable bonds is 3. The summed E-state index contributed by atoms with van der Waals surface area (Å²) in [5.41, 5.74) is 0.281. The largest absolute Gasteiger partial charge is 0.380 e. The summed E-state index contributed by atoms with van der Waals surface area (Å²) in [6.07, 6.45) is 0.797. The summed E-state index contributed by atoms with van der Waals surface area (Å²) in [6.45, 7) is 1.08. The molecular formula is C12H13BrClNO4S. The van der Waals surface area contributed by atoms with E-state index in [-0.39, 0.29) is 22.5 Å². The summed E-state index contributed by atoms with van der Waals surface area (Å²) >= 11 is 3.26. The molecule has 2 rings (SSSR count). The molecule has 1 saturated heterocycles. The average Bonchev–Trinajstić information content (AvgIpc) is 2.86. The number of halogens is 2. The summed E-state index contributed by atoms with van der Waals surface area (Å²) in [7, 11) is 3.05. The molecule has 1 aliphatic heterocycles. The molecule has 20 heavy (non-hydrogen) atoms. The molecule has 110 valence electrons. The standard InChI is InChI=1S/C12H13BrClNO4S/c1-19-8-4-5-15(7-8)12(16)10-6-9(20(14,17)18)2-3-11(10)13/h2-3,6,8H,4-5,7H2,1H3. The number of benzene rings is 1. The van der Waals surface area contributed by atoms with E-state index in [9.17, 15) is 13.2 Å². The molecule has 1 aromatic rings. The van der Waals surface area contributed by atoms with Crippen molar-refractivity contribution in [1.29, 1.82) is 0 Å². The molecule has 0 spiro atoms. The molecule has 0 saturated carbocycles. The minimum absolute atomic E-state index is 0.0256. The first-order valence-electron chi connectivity index (χ1n) is 5.89. The quantitative estimate of drug-likeness (QED) is 0.752. The maximum atomic E-state index is 12.4. The van der Waals surface area contributed by atoms with Crippen LogP contribution in [-0.2, 0) is 13.8 Å². The van der Waals surface area contributed by atoms with Gasteiger partial charge < -0.3 is 9.64 Å². The van der Waals surface area contributed by atoms with Crippen molar-refractivity contribution in [3.63, 3.8) is 0 Å². The van der Waals surface area contributed by atoms with Crippen LogP contribution in [0.3, 0.4) is 0 Å². The highest BCUT2D eigenvalue weighted by molar-refractivity contribution is 9.10. The van der Waals surface area contributed by atoms with Crippen molar-refractivity contribution in [3.05, 3.63) is 28.2 Å². The van der Waals surface area contributed by atoms with Crippen LogP contribution in [0.1, 0.15) is 16.8 Å². The zero-order valence-corrected chi connectivity index (χ0v) is 13.8. The number of likely N-dealkylation sites (tertiary alicyclic amines) is 1. The van der Waals surface area contributed by atoms with Crippen molar-refractivity contribution < 1.29 is 17.9 Å². The molecule has 0 N–H and O–H groups in total. The minimum atomic E-state index is -3.86. The van der Waals surface area contributed by atoms with Crippen molar-refractivity contribution in [2.45, 2.75) is 17.4 Å². The predicted octanol–water partition coefficient (Wildman–Crippen LogP) is 2.24. The molecule has 1 amide bonds. The van der Waals surface area contributed by atoms with Gasteiger partial charge in [-0.1, -0.05) is 0 Å². The third-order valence-corrected chi connectivity index (χ3v) is 5.26. The van der Waals surface area contributed by atoms with E-state index >= 15 is 0 Å². The van der Waals surface area contributed by atoms with Crippen molar-refractivity contribution in [2.75, 3.05) is 20.2 Å². The Bertz CT molecular complexity index is 634. The van der Waals surface area contributed by atoms with E-state index in [1.54, 1.807) is 12.0 Å². The van der Waals surface area contributed by atoms with Gasteiger partial charge in [0.2, 0.25) is 0 Å². The molecule has 8 heteroatoms. The van der Waals surface area contributed by atoms with Crippen LogP contribution in [0.5, 0.6) is 0 Å². The second kappa shape index (κ2) is 6.01. The van der Waals surface area contributed by atoms with Gasteiger partial charge in [0.25, 0.3) is 15.0 Å². The van der Waals surface area contributed by atoms with Gasteiger partial charge in [-0.2, -0.15) is 0 Å². The van der Waals surface area contributed by atoms with Crippen LogP contribution in [0.4, 0.5) is 0 Å².